The van der Waals surface area contributed by atoms with Crippen LogP contribution in [0.4, 0.5) is 0 Å². The number of nitrogens with zero attached hydrogens (tertiary/aromatic N) is 3. The topological polar surface area (TPSA) is 42.7 Å². The second kappa shape index (κ2) is 7.52. The monoisotopic (exact) mass is 252 g/mol. The largest absolute Gasteiger partial charge is 0.317 e. The van der Waals surface area contributed by atoms with Gasteiger partial charge in [0.25, 0.3) is 0 Å². The summed E-state index contributed by atoms with van der Waals surface area (Å²) in [6.45, 7) is 13.0. The van der Waals surface area contributed by atoms with Crippen LogP contribution in [0.3, 0.4) is 0 Å². The highest BCUT2D eigenvalue weighted by molar-refractivity contribution is 4.86. The van der Waals surface area contributed by atoms with Crippen molar-refractivity contribution >= 4 is 0 Å². The summed E-state index contributed by atoms with van der Waals surface area (Å²) in [7, 11) is 0. The van der Waals surface area contributed by atoms with E-state index in [4.69, 9.17) is 0 Å². The van der Waals surface area contributed by atoms with Crippen molar-refractivity contribution in [1.29, 1.82) is 0 Å². The van der Waals surface area contributed by atoms with Crippen molar-refractivity contribution in [2.45, 2.75) is 66.6 Å². The molecule has 1 heterocycles. The fourth-order valence-corrected chi connectivity index (χ4v) is 2.32. The molecule has 0 fully saturated rings. The van der Waals surface area contributed by atoms with E-state index in [1.54, 1.807) is 6.33 Å². The molecule has 0 amide bonds. The molecule has 4 nitrogen and oxygen atoms in total. The van der Waals surface area contributed by atoms with Gasteiger partial charge in [-0.3, -0.25) is 0 Å². The Morgan fingerprint density at radius 1 is 1.17 bits per heavy atom. The van der Waals surface area contributed by atoms with Gasteiger partial charge in [0.1, 0.15) is 12.2 Å². The first kappa shape index (κ1) is 15.2. The van der Waals surface area contributed by atoms with Crippen LogP contribution in [-0.2, 0) is 13.1 Å². The van der Waals surface area contributed by atoms with Gasteiger partial charge in [-0.2, -0.15) is 0 Å². The molecule has 0 aliphatic carbocycles. The third kappa shape index (κ3) is 5.17. The first-order valence-electron chi connectivity index (χ1n) is 7.13. The number of nitrogens with one attached hydrogen (secondary N) is 1. The maximum atomic E-state index is 4.17. The Morgan fingerprint density at radius 2 is 1.78 bits per heavy atom. The number of aromatic nitrogens is 3. The molecule has 0 unspecified atom stereocenters. The lowest BCUT2D eigenvalue weighted by Crippen LogP contribution is -2.32. The Morgan fingerprint density at radius 3 is 2.28 bits per heavy atom. The fraction of sp³-hybridized carbons (Fsp3) is 0.857. The molecule has 0 aromatic carbocycles. The van der Waals surface area contributed by atoms with Gasteiger partial charge in [0.15, 0.2) is 0 Å². The van der Waals surface area contributed by atoms with Gasteiger partial charge in [0, 0.05) is 12.6 Å². The molecule has 4 heteroatoms. The van der Waals surface area contributed by atoms with E-state index in [1.165, 1.54) is 12.8 Å². The molecule has 0 saturated heterocycles. The predicted molar refractivity (Wildman–Crippen MR) is 75.2 cm³/mol. The van der Waals surface area contributed by atoms with Crippen molar-refractivity contribution in [1.82, 2.24) is 20.1 Å². The lowest BCUT2D eigenvalue weighted by Gasteiger charge is -2.22. The van der Waals surface area contributed by atoms with Crippen LogP contribution in [0, 0.1) is 11.8 Å². The van der Waals surface area contributed by atoms with Gasteiger partial charge in [-0.25, -0.2) is 0 Å². The van der Waals surface area contributed by atoms with Crippen LogP contribution in [-0.4, -0.2) is 20.8 Å². The van der Waals surface area contributed by atoms with Gasteiger partial charge < -0.3 is 9.88 Å². The summed E-state index contributed by atoms with van der Waals surface area (Å²) in [6, 6.07) is 0.576. The molecule has 0 spiro atoms. The zero-order valence-corrected chi connectivity index (χ0v) is 12.5. The van der Waals surface area contributed by atoms with E-state index >= 15 is 0 Å². The molecular weight excluding hydrogens is 224 g/mol. The van der Waals surface area contributed by atoms with Gasteiger partial charge in [0.05, 0.1) is 6.54 Å². The third-order valence-corrected chi connectivity index (χ3v) is 3.10. The van der Waals surface area contributed by atoms with E-state index in [1.807, 2.05) is 0 Å². The molecule has 0 saturated carbocycles. The van der Waals surface area contributed by atoms with Gasteiger partial charge >= 0.3 is 0 Å². The summed E-state index contributed by atoms with van der Waals surface area (Å²) < 4.78 is 2.09. The van der Waals surface area contributed by atoms with Crippen molar-refractivity contribution in [3.05, 3.63) is 12.2 Å². The number of hydrogen-bond donors (Lipinski definition) is 1. The summed E-state index contributed by atoms with van der Waals surface area (Å²) in [5, 5.41) is 11.8. The number of hydrogen-bond acceptors (Lipinski definition) is 3. The first-order chi connectivity index (χ1) is 8.52. The predicted octanol–water partition coefficient (Wildman–Crippen LogP) is 2.85. The zero-order chi connectivity index (χ0) is 13.5. The van der Waals surface area contributed by atoms with Crippen molar-refractivity contribution < 1.29 is 0 Å². The summed E-state index contributed by atoms with van der Waals surface area (Å²) in [5.74, 6) is 2.49. The van der Waals surface area contributed by atoms with Crippen LogP contribution in [0.2, 0.25) is 0 Å². The zero-order valence-electron chi connectivity index (χ0n) is 12.5. The Hall–Kier alpha value is -0.900. The minimum Gasteiger partial charge on any atom is -0.317 e. The Bertz CT molecular complexity index is 320. The highest BCUT2D eigenvalue weighted by atomic mass is 15.3. The third-order valence-electron chi connectivity index (χ3n) is 3.10. The number of rotatable bonds is 8. The van der Waals surface area contributed by atoms with Crippen LogP contribution >= 0.6 is 0 Å². The average molecular weight is 252 g/mol. The molecular formula is C14H28N4. The molecule has 1 aromatic heterocycles. The average Bonchev–Trinajstić information content (AvgIpc) is 2.71. The molecule has 0 bridgehead atoms. The van der Waals surface area contributed by atoms with Gasteiger partial charge in [-0.15, -0.1) is 10.2 Å². The molecule has 0 aliphatic rings. The van der Waals surface area contributed by atoms with Crippen molar-refractivity contribution in [2.75, 3.05) is 0 Å². The van der Waals surface area contributed by atoms with Crippen LogP contribution in [0.5, 0.6) is 0 Å². The summed E-state index contributed by atoms with van der Waals surface area (Å²) in [5.41, 5.74) is 0. The second-order valence-corrected chi connectivity index (χ2v) is 5.87. The van der Waals surface area contributed by atoms with Crippen LogP contribution in [0.25, 0.3) is 0 Å². The van der Waals surface area contributed by atoms with E-state index in [0.717, 1.165) is 30.7 Å². The normalized spacial score (nSPS) is 12.0. The minimum atomic E-state index is 0.576. The highest BCUT2D eigenvalue weighted by Gasteiger charge is 2.13. The molecule has 0 aliphatic heterocycles. The molecule has 0 atom stereocenters. The lowest BCUT2D eigenvalue weighted by atomic mass is 9.95. The smallest absolute Gasteiger partial charge is 0.146 e. The summed E-state index contributed by atoms with van der Waals surface area (Å²) in [6.07, 6.45) is 4.24. The van der Waals surface area contributed by atoms with E-state index in [2.05, 4.69) is 54.7 Å². The van der Waals surface area contributed by atoms with E-state index < -0.39 is 0 Å². The molecule has 1 rings (SSSR count). The van der Waals surface area contributed by atoms with E-state index in [0.29, 0.717) is 6.04 Å². The van der Waals surface area contributed by atoms with Gasteiger partial charge in [-0.1, -0.05) is 27.7 Å². The van der Waals surface area contributed by atoms with E-state index in [-0.39, 0.29) is 0 Å². The molecule has 1 N–H and O–H groups in total. The van der Waals surface area contributed by atoms with E-state index in [9.17, 15) is 0 Å². The van der Waals surface area contributed by atoms with Crippen molar-refractivity contribution in [3.63, 3.8) is 0 Å². The maximum absolute atomic E-state index is 4.17. The van der Waals surface area contributed by atoms with Crippen LogP contribution in [0.1, 0.15) is 53.3 Å². The van der Waals surface area contributed by atoms with Gasteiger partial charge in [-0.05, 0) is 31.6 Å². The molecule has 0 radical (unpaired) electrons. The van der Waals surface area contributed by atoms with Crippen molar-refractivity contribution in [3.8, 4) is 0 Å². The molecule has 18 heavy (non-hydrogen) atoms. The quantitative estimate of drug-likeness (QED) is 0.773. The SMILES string of the molecule is CCn1cnnc1CNC(CC(C)C)CC(C)C. The van der Waals surface area contributed by atoms with Crippen LogP contribution in [0.15, 0.2) is 6.33 Å². The summed E-state index contributed by atoms with van der Waals surface area (Å²) >= 11 is 0. The Labute approximate surface area is 111 Å². The minimum absolute atomic E-state index is 0.576. The maximum Gasteiger partial charge on any atom is 0.146 e. The first-order valence-corrected chi connectivity index (χ1v) is 7.13. The number of aryl methyl sites for hydroxylation is 1. The molecule has 1 aromatic rings. The molecule has 104 valence electrons. The highest BCUT2D eigenvalue weighted by Crippen LogP contribution is 2.13. The Kier molecular flexibility index (Phi) is 6.33. The van der Waals surface area contributed by atoms with Crippen molar-refractivity contribution in [2.24, 2.45) is 11.8 Å². The van der Waals surface area contributed by atoms with Crippen LogP contribution < -0.4 is 5.32 Å². The van der Waals surface area contributed by atoms with Gasteiger partial charge in [0.2, 0.25) is 0 Å². The Balaban J connectivity index is 2.50. The summed E-state index contributed by atoms with van der Waals surface area (Å²) in [4.78, 5) is 0. The second-order valence-electron chi connectivity index (χ2n) is 5.87. The lowest BCUT2D eigenvalue weighted by molar-refractivity contribution is 0.353. The fourth-order valence-electron chi connectivity index (χ4n) is 2.32. The standard InChI is InChI=1S/C14H28N4/c1-6-18-10-16-17-14(18)9-15-13(7-11(2)3)8-12(4)5/h10-13,15H,6-9H2,1-5H3.